The second-order valence-electron chi connectivity index (χ2n) is 5.40. The van der Waals surface area contributed by atoms with Crippen molar-refractivity contribution in [2.24, 2.45) is 5.41 Å². The van der Waals surface area contributed by atoms with E-state index in [1.807, 2.05) is 0 Å². The van der Waals surface area contributed by atoms with Gasteiger partial charge in [-0.15, -0.1) is 0 Å². The molecule has 0 atom stereocenters. The first-order chi connectivity index (χ1) is 8.07. The predicted octanol–water partition coefficient (Wildman–Crippen LogP) is 3.63. The van der Waals surface area contributed by atoms with Crippen molar-refractivity contribution in [2.75, 3.05) is 6.54 Å². The van der Waals surface area contributed by atoms with Gasteiger partial charge in [-0.1, -0.05) is 19.8 Å². The molecule has 1 saturated carbocycles. The highest BCUT2D eigenvalue weighted by atomic mass is 19.1. The summed E-state index contributed by atoms with van der Waals surface area (Å²) in [4.78, 5) is 0. The van der Waals surface area contributed by atoms with Gasteiger partial charge in [-0.3, -0.25) is 0 Å². The van der Waals surface area contributed by atoms with E-state index in [1.54, 1.807) is 0 Å². The lowest BCUT2D eigenvalue weighted by atomic mass is 9.89. The van der Waals surface area contributed by atoms with Crippen molar-refractivity contribution in [2.45, 2.75) is 39.2 Å². The number of hydrogen-bond donors (Lipinski definition) is 1. The van der Waals surface area contributed by atoms with E-state index in [-0.39, 0.29) is 0 Å². The Morgan fingerprint density at radius 1 is 1.12 bits per heavy atom. The minimum absolute atomic E-state index is 0.367. The van der Waals surface area contributed by atoms with E-state index in [1.165, 1.54) is 37.8 Å². The summed E-state index contributed by atoms with van der Waals surface area (Å²) in [6.45, 7) is 3.73. The average Bonchev–Trinajstić information content (AvgIpc) is 2.64. The van der Waals surface area contributed by atoms with Gasteiger partial charge in [-0.05, 0) is 36.0 Å². The van der Waals surface area contributed by atoms with E-state index in [0.717, 1.165) is 12.6 Å². The van der Waals surface area contributed by atoms with Crippen molar-refractivity contribution in [3.05, 3.63) is 35.4 Å². The third kappa shape index (κ3) is 3.50. The Morgan fingerprint density at radius 3 is 2.29 bits per heavy atom. The topological polar surface area (TPSA) is 12.0 Å². The molecule has 1 N–H and O–H groups in total. The highest BCUT2D eigenvalue weighted by molar-refractivity contribution is 5.17. The number of halogens is 2. The number of benzene rings is 1. The molecule has 94 valence electrons. The van der Waals surface area contributed by atoms with E-state index in [0.29, 0.717) is 17.5 Å². The first-order valence-corrected chi connectivity index (χ1v) is 6.23. The molecule has 2 rings (SSSR count). The Balaban J connectivity index is 1.85. The molecule has 0 aromatic heterocycles. The van der Waals surface area contributed by atoms with Crippen LogP contribution in [0.2, 0.25) is 0 Å². The van der Waals surface area contributed by atoms with Crippen LogP contribution < -0.4 is 5.32 Å². The Hall–Kier alpha value is -0.960. The molecule has 0 unspecified atom stereocenters. The van der Waals surface area contributed by atoms with Crippen LogP contribution in [0.5, 0.6) is 0 Å². The van der Waals surface area contributed by atoms with Crippen LogP contribution in [0.4, 0.5) is 8.78 Å². The SMILES string of the molecule is CC1(CNCc2cc(F)cc(F)c2)CCCC1. The molecule has 0 heterocycles. The van der Waals surface area contributed by atoms with E-state index < -0.39 is 11.6 Å². The molecule has 0 radical (unpaired) electrons. The first-order valence-electron chi connectivity index (χ1n) is 6.23. The normalized spacial score (nSPS) is 18.5. The molecule has 0 saturated heterocycles. The lowest BCUT2D eigenvalue weighted by Crippen LogP contribution is -2.29. The molecule has 1 aromatic carbocycles. The van der Waals surface area contributed by atoms with Gasteiger partial charge in [0.05, 0.1) is 0 Å². The van der Waals surface area contributed by atoms with Gasteiger partial charge in [0.15, 0.2) is 0 Å². The fourth-order valence-corrected chi connectivity index (χ4v) is 2.63. The summed E-state index contributed by atoms with van der Waals surface area (Å²) < 4.78 is 25.9. The summed E-state index contributed by atoms with van der Waals surface area (Å²) in [5, 5.41) is 3.31. The largest absolute Gasteiger partial charge is 0.312 e. The maximum absolute atomic E-state index is 13.0. The highest BCUT2D eigenvalue weighted by Gasteiger charge is 2.27. The van der Waals surface area contributed by atoms with Gasteiger partial charge in [0.25, 0.3) is 0 Å². The van der Waals surface area contributed by atoms with Crippen LogP contribution in [0.1, 0.15) is 38.2 Å². The second kappa shape index (κ2) is 5.13. The van der Waals surface area contributed by atoms with Gasteiger partial charge in [0, 0.05) is 19.2 Å². The maximum Gasteiger partial charge on any atom is 0.126 e. The molecule has 0 amide bonds. The summed E-state index contributed by atoms with van der Waals surface area (Å²) in [5.41, 5.74) is 1.04. The zero-order chi connectivity index (χ0) is 12.3. The molecule has 1 aliphatic rings. The van der Waals surface area contributed by atoms with Crippen molar-refractivity contribution < 1.29 is 8.78 Å². The lowest BCUT2D eigenvalue weighted by molar-refractivity contribution is 0.314. The molecule has 17 heavy (non-hydrogen) atoms. The van der Waals surface area contributed by atoms with Crippen LogP contribution in [0.3, 0.4) is 0 Å². The van der Waals surface area contributed by atoms with Crippen LogP contribution in [0, 0.1) is 17.0 Å². The summed E-state index contributed by atoms with van der Waals surface area (Å²) in [6.07, 6.45) is 5.09. The van der Waals surface area contributed by atoms with E-state index in [4.69, 9.17) is 0 Å². The zero-order valence-corrected chi connectivity index (χ0v) is 10.2. The minimum atomic E-state index is -0.506. The fraction of sp³-hybridized carbons (Fsp3) is 0.571. The summed E-state index contributed by atoms with van der Waals surface area (Å²) in [6, 6.07) is 3.67. The molecule has 1 aliphatic carbocycles. The van der Waals surface area contributed by atoms with E-state index in [2.05, 4.69) is 12.2 Å². The molecule has 0 spiro atoms. The standard InChI is InChI=1S/C14H19F2N/c1-14(4-2-3-5-14)10-17-9-11-6-12(15)8-13(16)7-11/h6-8,17H,2-5,9-10H2,1H3. The summed E-state index contributed by atoms with van der Waals surface area (Å²) in [7, 11) is 0. The summed E-state index contributed by atoms with van der Waals surface area (Å²) >= 11 is 0. The predicted molar refractivity (Wildman–Crippen MR) is 64.6 cm³/mol. The second-order valence-corrected chi connectivity index (χ2v) is 5.40. The van der Waals surface area contributed by atoms with E-state index in [9.17, 15) is 8.78 Å². The van der Waals surface area contributed by atoms with Gasteiger partial charge < -0.3 is 5.32 Å². The maximum atomic E-state index is 13.0. The third-order valence-corrected chi connectivity index (χ3v) is 3.61. The number of rotatable bonds is 4. The average molecular weight is 239 g/mol. The molecule has 1 fully saturated rings. The van der Waals surface area contributed by atoms with E-state index >= 15 is 0 Å². The molecule has 0 bridgehead atoms. The monoisotopic (exact) mass is 239 g/mol. The Morgan fingerprint density at radius 2 is 1.71 bits per heavy atom. The van der Waals surface area contributed by atoms with Crippen LogP contribution in [-0.2, 0) is 6.54 Å². The van der Waals surface area contributed by atoms with Gasteiger partial charge >= 0.3 is 0 Å². The lowest BCUT2D eigenvalue weighted by Gasteiger charge is -2.23. The van der Waals surface area contributed by atoms with Crippen LogP contribution in [-0.4, -0.2) is 6.54 Å². The van der Waals surface area contributed by atoms with Crippen molar-refractivity contribution >= 4 is 0 Å². The van der Waals surface area contributed by atoms with Gasteiger partial charge in [0.1, 0.15) is 11.6 Å². The molecule has 1 nitrogen and oxygen atoms in total. The zero-order valence-electron chi connectivity index (χ0n) is 10.2. The Bertz CT molecular complexity index is 364. The number of hydrogen-bond acceptors (Lipinski definition) is 1. The fourth-order valence-electron chi connectivity index (χ4n) is 2.63. The van der Waals surface area contributed by atoms with Crippen molar-refractivity contribution in [3.8, 4) is 0 Å². The van der Waals surface area contributed by atoms with Crippen molar-refractivity contribution in [1.29, 1.82) is 0 Å². The van der Waals surface area contributed by atoms with Crippen molar-refractivity contribution in [1.82, 2.24) is 5.32 Å². The smallest absolute Gasteiger partial charge is 0.126 e. The van der Waals surface area contributed by atoms with Crippen LogP contribution in [0.15, 0.2) is 18.2 Å². The van der Waals surface area contributed by atoms with Gasteiger partial charge in [0.2, 0.25) is 0 Å². The van der Waals surface area contributed by atoms with Crippen molar-refractivity contribution in [3.63, 3.8) is 0 Å². The highest BCUT2D eigenvalue weighted by Crippen LogP contribution is 2.36. The Labute approximate surface area is 101 Å². The molecule has 3 heteroatoms. The molecular weight excluding hydrogens is 220 g/mol. The molecule has 0 aliphatic heterocycles. The van der Waals surface area contributed by atoms with Gasteiger partial charge in [-0.25, -0.2) is 8.78 Å². The quantitative estimate of drug-likeness (QED) is 0.846. The first kappa shape index (κ1) is 12.5. The van der Waals surface area contributed by atoms with Crippen LogP contribution >= 0.6 is 0 Å². The minimum Gasteiger partial charge on any atom is -0.312 e. The van der Waals surface area contributed by atoms with Gasteiger partial charge in [-0.2, -0.15) is 0 Å². The molecular formula is C14H19F2N. The Kier molecular flexibility index (Phi) is 3.77. The number of nitrogens with one attached hydrogen (secondary N) is 1. The van der Waals surface area contributed by atoms with Crippen LogP contribution in [0.25, 0.3) is 0 Å². The third-order valence-electron chi connectivity index (χ3n) is 3.61. The summed E-state index contributed by atoms with van der Waals surface area (Å²) in [5.74, 6) is -1.01. The molecule has 1 aromatic rings.